The van der Waals surface area contributed by atoms with Crippen molar-refractivity contribution in [1.29, 1.82) is 0 Å². The van der Waals surface area contributed by atoms with Gasteiger partial charge in [-0.05, 0) is 66.6 Å². The number of hydrazone groups is 1. The number of methoxy groups -OCH3 is 1. The van der Waals surface area contributed by atoms with Gasteiger partial charge in [0.15, 0.2) is 17.6 Å². The second-order valence-electron chi connectivity index (χ2n) is 6.89. The summed E-state index contributed by atoms with van der Waals surface area (Å²) < 4.78 is 16.8. The van der Waals surface area contributed by atoms with Crippen LogP contribution < -0.4 is 19.6 Å². The van der Waals surface area contributed by atoms with Crippen molar-refractivity contribution in [1.82, 2.24) is 5.43 Å². The predicted octanol–water partition coefficient (Wildman–Crippen LogP) is 6.15. The van der Waals surface area contributed by atoms with E-state index in [0.29, 0.717) is 44.5 Å². The Labute approximate surface area is 207 Å². The topological polar surface area (TPSA) is 69.2 Å². The van der Waals surface area contributed by atoms with E-state index in [0.717, 1.165) is 5.56 Å². The highest BCUT2D eigenvalue weighted by Gasteiger charge is 2.15. The molecule has 0 aromatic heterocycles. The van der Waals surface area contributed by atoms with Gasteiger partial charge < -0.3 is 14.2 Å². The molecule has 9 heteroatoms. The standard InChI is InChI=1S/C24H21Cl3N2O4/c1-15(33-21-10-8-19(26)12-20(21)27)24(30)29-28-13-17-5-9-22(23(11-17)31-2)32-14-16-3-6-18(25)7-4-16/h3-13,15H,14H2,1-2H3,(H,29,30)/b28-13+. The van der Waals surface area contributed by atoms with E-state index < -0.39 is 12.0 Å². The van der Waals surface area contributed by atoms with E-state index >= 15 is 0 Å². The van der Waals surface area contributed by atoms with E-state index in [2.05, 4.69) is 10.5 Å². The average Bonchev–Trinajstić information content (AvgIpc) is 2.80. The SMILES string of the molecule is COc1cc(/C=N/NC(=O)C(C)Oc2ccc(Cl)cc2Cl)ccc1OCc1ccc(Cl)cc1. The van der Waals surface area contributed by atoms with Crippen LogP contribution in [0, 0.1) is 0 Å². The normalized spacial score (nSPS) is 11.8. The number of carbonyl (C=O) groups excluding carboxylic acids is 1. The number of ether oxygens (including phenoxy) is 3. The molecule has 1 N–H and O–H groups in total. The minimum atomic E-state index is -0.820. The number of carbonyl (C=O) groups is 1. The average molecular weight is 508 g/mol. The van der Waals surface area contributed by atoms with E-state index in [1.807, 2.05) is 12.1 Å². The Hall–Kier alpha value is -2.93. The van der Waals surface area contributed by atoms with Crippen LogP contribution in [0.2, 0.25) is 15.1 Å². The van der Waals surface area contributed by atoms with Crippen LogP contribution in [-0.4, -0.2) is 25.3 Å². The molecule has 0 aliphatic heterocycles. The van der Waals surface area contributed by atoms with Crippen LogP contribution in [0.5, 0.6) is 17.2 Å². The van der Waals surface area contributed by atoms with Crippen LogP contribution in [0.3, 0.4) is 0 Å². The molecule has 0 bridgehead atoms. The van der Waals surface area contributed by atoms with Gasteiger partial charge in [0, 0.05) is 10.0 Å². The van der Waals surface area contributed by atoms with Crippen molar-refractivity contribution in [2.75, 3.05) is 7.11 Å². The van der Waals surface area contributed by atoms with Gasteiger partial charge in [0.2, 0.25) is 0 Å². The molecule has 172 valence electrons. The molecule has 0 aliphatic rings. The van der Waals surface area contributed by atoms with E-state index in [-0.39, 0.29) is 0 Å². The quantitative estimate of drug-likeness (QED) is 0.278. The van der Waals surface area contributed by atoms with Gasteiger partial charge in [0.25, 0.3) is 5.91 Å². The second kappa shape index (κ2) is 11.8. The molecular weight excluding hydrogens is 487 g/mol. The molecular formula is C24H21Cl3N2O4. The molecule has 1 amide bonds. The fourth-order valence-corrected chi connectivity index (χ4v) is 3.28. The van der Waals surface area contributed by atoms with E-state index in [1.54, 1.807) is 56.5 Å². The van der Waals surface area contributed by atoms with Crippen LogP contribution in [0.15, 0.2) is 65.8 Å². The molecule has 3 aromatic carbocycles. The number of hydrogen-bond donors (Lipinski definition) is 1. The van der Waals surface area contributed by atoms with E-state index in [4.69, 9.17) is 49.0 Å². The van der Waals surface area contributed by atoms with Crippen LogP contribution in [0.25, 0.3) is 0 Å². The molecule has 0 saturated heterocycles. The second-order valence-corrected chi connectivity index (χ2v) is 8.17. The van der Waals surface area contributed by atoms with E-state index in [9.17, 15) is 4.79 Å². The summed E-state index contributed by atoms with van der Waals surface area (Å²) in [5.74, 6) is 1.03. The first-order valence-corrected chi connectivity index (χ1v) is 11.0. The summed E-state index contributed by atoms with van der Waals surface area (Å²) in [6.45, 7) is 1.96. The summed E-state index contributed by atoms with van der Waals surface area (Å²) in [5.41, 5.74) is 4.13. The highest BCUT2D eigenvalue weighted by Crippen LogP contribution is 2.29. The Bertz CT molecular complexity index is 1140. The lowest BCUT2D eigenvalue weighted by molar-refractivity contribution is -0.127. The lowest BCUT2D eigenvalue weighted by Crippen LogP contribution is -2.33. The Morgan fingerprint density at radius 2 is 1.67 bits per heavy atom. The smallest absolute Gasteiger partial charge is 0.280 e. The number of nitrogens with zero attached hydrogens (tertiary/aromatic N) is 1. The highest BCUT2D eigenvalue weighted by atomic mass is 35.5. The van der Waals surface area contributed by atoms with Crippen LogP contribution in [0.1, 0.15) is 18.1 Å². The third-order valence-electron chi connectivity index (χ3n) is 4.45. The van der Waals surface area contributed by atoms with Gasteiger partial charge in [-0.1, -0.05) is 46.9 Å². The highest BCUT2D eigenvalue weighted by molar-refractivity contribution is 6.35. The van der Waals surface area contributed by atoms with Gasteiger partial charge in [0.1, 0.15) is 12.4 Å². The third-order valence-corrected chi connectivity index (χ3v) is 5.23. The van der Waals surface area contributed by atoms with Gasteiger partial charge in [-0.2, -0.15) is 5.10 Å². The lowest BCUT2D eigenvalue weighted by atomic mass is 10.2. The summed E-state index contributed by atoms with van der Waals surface area (Å²) >= 11 is 17.8. The summed E-state index contributed by atoms with van der Waals surface area (Å²) in [5, 5.41) is 5.44. The zero-order valence-electron chi connectivity index (χ0n) is 17.8. The van der Waals surface area contributed by atoms with E-state index in [1.165, 1.54) is 12.3 Å². The Morgan fingerprint density at radius 1 is 0.970 bits per heavy atom. The number of amides is 1. The number of benzene rings is 3. The van der Waals surface area contributed by atoms with Crippen molar-refractivity contribution in [3.63, 3.8) is 0 Å². The van der Waals surface area contributed by atoms with Crippen molar-refractivity contribution >= 4 is 46.9 Å². The maximum Gasteiger partial charge on any atom is 0.280 e. The van der Waals surface area contributed by atoms with Gasteiger partial charge in [-0.3, -0.25) is 4.79 Å². The molecule has 33 heavy (non-hydrogen) atoms. The van der Waals surface area contributed by atoms with Crippen molar-refractivity contribution in [2.45, 2.75) is 19.6 Å². The molecule has 0 saturated carbocycles. The largest absolute Gasteiger partial charge is 0.493 e. The van der Waals surface area contributed by atoms with Gasteiger partial charge >= 0.3 is 0 Å². The first-order valence-electron chi connectivity index (χ1n) is 9.85. The van der Waals surface area contributed by atoms with Gasteiger partial charge in [0.05, 0.1) is 18.3 Å². The minimum absolute atomic E-state index is 0.316. The van der Waals surface area contributed by atoms with Crippen molar-refractivity contribution < 1.29 is 19.0 Å². The van der Waals surface area contributed by atoms with Crippen LogP contribution in [-0.2, 0) is 11.4 Å². The number of rotatable bonds is 9. The maximum atomic E-state index is 12.3. The number of halogens is 3. The Balaban J connectivity index is 1.56. The minimum Gasteiger partial charge on any atom is -0.493 e. The first-order chi connectivity index (χ1) is 15.9. The molecule has 1 unspecified atom stereocenters. The van der Waals surface area contributed by atoms with Crippen LogP contribution >= 0.6 is 34.8 Å². The lowest BCUT2D eigenvalue weighted by Gasteiger charge is -2.14. The maximum absolute atomic E-state index is 12.3. The first kappa shape index (κ1) is 24.7. The van der Waals surface area contributed by atoms with Gasteiger partial charge in [-0.25, -0.2) is 5.43 Å². The summed E-state index contributed by atoms with van der Waals surface area (Å²) in [6.07, 6.45) is 0.671. The fraction of sp³-hybridized carbons (Fsp3) is 0.167. The molecule has 0 spiro atoms. The molecule has 3 aromatic rings. The Morgan fingerprint density at radius 3 is 2.36 bits per heavy atom. The molecule has 1 atom stereocenters. The monoisotopic (exact) mass is 506 g/mol. The van der Waals surface area contributed by atoms with Crippen LogP contribution in [0.4, 0.5) is 0 Å². The third kappa shape index (κ3) is 7.29. The van der Waals surface area contributed by atoms with Crippen molar-refractivity contribution in [3.8, 4) is 17.2 Å². The van der Waals surface area contributed by atoms with Crippen molar-refractivity contribution in [3.05, 3.63) is 86.9 Å². The van der Waals surface area contributed by atoms with Crippen molar-refractivity contribution in [2.24, 2.45) is 5.10 Å². The number of nitrogens with one attached hydrogen (secondary N) is 1. The zero-order valence-corrected chi connectivity index (χ0v) is 20.1. The molecule has 0 heterocycles. The summed E-state index contributed by atoms with van der Waals surface area (Å²) in [7, 11) is 1.55. The van der Waals surface area contributed by atoms with Gasteiger partial charge in [-0.15, -0.1) is 0 Å². The number of hydrogen-bond acceptors (Lipinski definition) is 5. The molecule has 0 fully saturated rings. The molecule has 6 nitrogen and oxygen atoms in total. The fourth-order valence-electron chi connectivity index (χ4n) is 2.70. The summed E-state index contributed by atoms with van der Waals surface area (Å²) in [6, 6.07) is 17.5. The Kier molecular flexibility index (Phi) is 8.83. The molecule has 0 radical (unpaired) electrons. The zero-order chi connectivity index (χ0) is 23.8. The summed E-state index contributed by atoms with van der Waals surface area (Å²) in [4.78, 5) is 12.3. The molecule has 0 aliphatic carbocycles. The molecule has 3 rings (SSSR count). The predicted molar refractivity (Wildman–Crippen MR) is 131 cm³/mol.